The predicted molar refractivity (Wildman–Crippen MR) is 164 cm³/mol. The summed E-state index contributed by atoms with van der Waals surface area (Å²) in [4.78, 5) is 28.0. The molecule has 0 bridgehead atoms. The molecule has 1 aliphatic heterocycles. The van der Waals surface area contributed by atoms with Gasteiger partial charge in [-0.15, -0.1) is 0 Å². The van der Waals surface area contributed by atoms with Crippen molar-refractivity contribution in [2.24, 2.45) is 0 Å². The van der Waals surface area contributed by atoms with Gasteiger partial charge in [-0.3, -0.25) is 4.79 Å². The number of nitrogens with one attached hydrogen (secondary N) is 1. The molecule has 5 rings (SSSR count). The van der Waals surface area contributed by atoms with E-state index in [2.05, 4.69) is 5.32 Å². The van der Waals surface area contributed by atoms with E-state index in [1.165, 1.54) is 0 Å². The van der Waals surface area contributed by atoms with Crippen molar-refractivity contribution >= 4 is 11.8 Å². The molecule has 8 nitrogen and oxygen atoms in total. The summed E-state index contributed by atoms with van der Waals surface area (Å²) >= 11 is 0. The number of esters is 1. The fourth-order valence-corrected chi connectivity index (χ4v) is 6.58. The Labute approximate surface area is 254 Å². The Bertz CT molecular complexity index is 1420. The van der Waals surface area contributed by atoms with Crippen molar-refractivity contribution < 1.29 is 33.3 Å². The van der Waals surface area contributed by atoms with Crippen LogP contribution in [0.15, 0.2) is 58.9 Å². The van der Waals surface area contributed by atoms with E-state index in [0.717, 1.165) is 55.3 Å². The number of benzene rings is 2. The van der Waals surface area contributed by atoms with Gasteiger partial charge in [0.2, 0.25) is 0 Å². The van der Waals surface area contributed by atoms with Gasteiger partial charge in [-0.25, -0.2) is 4.79 Å². The van der Waals surface area contributed by atoms with Crippen molar-refractivity contribution in [1.82, 2.24) is 5.32 Å². The number of carbonyl (C=O) groups is 2. The smallest absolute Gasteiger partial charge is 0.337 e. The van der Waals surface area contributed by atoms with E-state index in [0.29, 0.717) is 59.3 Å². The lowest BCUT2D eigenvalue weighted by molar-refractivity contribution is -0.146. The molecule has 230 valence electrons. The van der Waals surface area contributed by atoms with E-state index in [4.69, 9.17) is 23.7 Å². The molecule has 1 saturated carbocycles. The minimum absolute atomic E-state index is 0.000669. The van der Waals surface area contributed by atoms with Crippen LogP contribution in [0.1, 0.15) is 88.2 Å². The Morgan fingerprint density at radius 2 is 1.51 bits per heavy atom. The van der Waals surface area contributed by atoms with Crippen LogP contribution >= 0.6 is 0 Å². The zero-order valence-electron chi connectivity index (χ0n) is 25.9. The van der Waals surface area contributed by atoms with Crippen LogP contribution in [0.4, 0.5) is 0 Å². The highest BCUT2D eigenvalue weighted by atomic mass is 16.5. The lowest BCUT2D eigenvalue weighted by Crippen LogP contribution is -2.37. The molecule has 2 aromatic rings. The molecule has 1 N–H and O–H groups in total. The average Bonchev–Trinajstić information content (AvgIpc) is 3.02. The van der Waals surface area contributed by atoms with Gasteiger partial charge in [-0.2, -0.15) is 0 Å². The number of Topliss-reactive ketones (excluding diaryl/α,β-unsaturated/α-hetero) is 1. The molecule has 3 aliphatic rings. The van der Waals surface area contributed by atoms with E-state index in [-0.39, 0.29) is 23.8 Å². The molecular formula is C35H43NO7. The Hall–Kier alpha value is -3.94. The first-order chi connectivity index (χ1) is 20.9. The van der Waals surface area contributed by atoms with E-state index >= 15 is 0 Å². The number of dihydropyridines is 1. The minimum atomic E-state index is -0.583. The Morgan fingerprint density at radius 3 is 2.21 bits per heavy atom. The molecule has 0 saturated heterocycles. The summed E-state index contributed by atoms with van der Waals surface area (Å²) in [5, 5.41) is 3.46. The van der Waals surface area contributed by atoms with Crippen molar-refractivity contribution in [2.45, 2.75) is 83.2 Å². The van der Waals surface area contributed by atoms with Gasteiger partial charge in [-0.1, -0.05) is 25.5 Å². The van der Waals surface area contributed by atoms with Crippen LogP contribution in [0, 0.1) is 0 Å². The van der Waals surface area contributed by atoms with Crippen LogP contribution in [-0.2, 0) is 14.3 Å². The zero-order valence-corrected chi connectivity index (χ0v) is 25.9. The third-order valence-electron chi connectivity index (χ3n) is 8.74. The van der Waals surface area contributed by atoms with E-state index in [1.807, 2.05) is 50.2 Å². The number of methoxy groups -OCH3 is 3. The van der Waals surface area contributed by atoms with Gasteiger partial charge in [0.15, 0.2) is 28.8 Å². The third kappa shape index (κ3) is 6.38. The first-order valence-corrected chi connectivity index (χ1v) is 15.4. The maximum Gasteiger partial charge on any atom is 0.337 e. The van der Waals surface area contributed by atoms with Gasteiger partial charge in [0, 0.05) is 29.3 Å². The van der Waals surface area contributed by atoms with Gasteiger partial charge in [0.05, 0.1) is 33.5 Å². The Kier molecular flexibility index (Phi) is 9.63. The normalized spacial score (nSPS) is 20.7. The van der Waals surface area contributed by atoms with Crippen molar-refractivity contribution in [3.63, 3.8) is 0 Å². The third-order valence-corrected chi connectivity index (χ3v) is 8.74. The molecule has 2 aromatic carbocycles. The number of allylic oxidation sites excluding steroid dienone is 3. The Morgan fingerprint density at radius 1 is 0.860 bits per heavy atom. The number of ether oxygens (including phenoxy) is 5. The summed E-state index contributed by atoms with van der Waals surface area (Å²) in [6.07, 6.45) is 6.70. The van der Waals surface area contributed by atoms with Gasteiger partial charge in [-0.05, 0) is 86.8 Å². The van der Waals surface area contributed by atoms with Crippen molar-refractivity contribution in [1.29, 1.82) is 0 Å². The quantitative estimate of drug-likeness (QED) is 0.305. The van der Waals surface area contributed by atoms with Crippen molar-refractivity contribution in [3.05, 3.63) is 70.1 Å². The van der Waals surface area contributed by atoms with Crippen LogP contribution in [0.3, 0.4) is 0 Å². The molecule has 0 unspecified atom stereocenters. The van der Waals surface area contributed by atoms with Crippen LogP contribution in [-0.4, -0.2) is 45.8 Å². The van der Waals surface area contributed by atoms with Gasteiger partial charge < -0.3 is 29.0 Å². The fraction of sp³-hybridized carbons (Fsp3) is 0.486. The SMILES string of the molecule is CCCOc1ccc([C@@H]2C(C(=O)OC3CCCCC3)=C(C)NC3=C2C(=O)C[C@H](c2ccc(OC)c(OC)c2)C3)cc1OC. The topological polar surface area (TPSA) is 92.3 Å². The summed E-state index contributed by atoms with van der Waals surface area (Å²) in [5.41, 5.74) is 4.42. The number of hydrogen-bond donors (Lipinski definition) is 1. The van der Waals surface area contributed by atoms with E-state index < -0.39 is 5.92 Å². The number of hydrogen-bond acceptors (Lipinski definition) is 8. The fourth-order valence-electron chi connectivity index (χ4n) is 6.58. The minimum Gasteiger partial charge on any atom is -0.493 e. The highest BCUT2D eigenvalue weighted by Crippen LogP contribution is 2.48. The number of carbonyl (C=O) groups excluding carboxylic acids is 2. The lowest BCUT2D eigenvalue weighted by Gasteiger charge is -2.37. The molecule has 8 heteroatoms. The summed E-state index contributed by atoms with van der Waals surface area (Å²) in [6.45, 7) is 4.51. The highest BCUT2D eigenvalue weighted by Gasteiger charge is 2.42. The molecule has 0 spiro atoms. The highest BCUT2D eigenvalue weighted by molar-refractivity contribution is 6.04. The second-order valence-corrected chi connectivity index (χ2v) is 11.6. The molecule has 43 heavy (non-hydrogen) atoms. The molecule has 0 radical (unpaired) electrons. The standard InChI is InChI=1S/C35H43NO7/c1-6-16-42-29-15-13-23(20-31(29)41-5)33-32(35(38)43-25-10-8-7-9-11-25)21(2)36-26-17-24(18-27(37)34(26)33)22-12-14-28(39-3)30(19-22)40-4/h12-15,19-20,24-25,33,36H,6-11,16-18H2,1-5H3/t24-,33-/m1/s1. The summed E-state index contributed by atoms with van der Waals surface area (Å²) in [6, 6.07) is 11.5. The Balaban J connectivity index is 1.54. The first kappa shape index (κ1) is 30.5. The van der Waals surface area contributed by atoms with Crippen molar-refractivity contribution in [3.8, 4) is 23.0 Å². The molecule has 2 atom stereocenters. The lowest BCUT2D eigenvalue weighted by atomic mass is 9.71. The largest absolute Gasteiger partial charge is 0.493 e. The molecule has 2 aliphatic carbocycles. The maximum absolute atomic E-state index is 14.1. The van der Waals surface area contributed by atoms with Gasteiger partial charge in [0.25, 0.3) is 0 Å². The average molecular weight is 590 g/mol. The van der Waals surface area contributed by atoms with Crippen LogP contribution < -0.4 is 24.3 Å². The molecule has 1 fully saturated rings. The van der Waals surface area contributed by atoms with Gasteiger partial charge >= 0.3 is 5.97 Å². The number of rotatable bonds is 10. The van der Waals surface area contributed by atoms with Crippen LogP contribution in [0.5, 0.6) is 23.0 Å². The second kappa shape index (κ2) is 13.6. The monoisotopic (exact) mass is 589 g/mol. The maximum atomic E-state index is 14.1. The van der Waals surface area contributed by atoms with Crippen LogP contribution in [0.2, 0.25) is 0 Å². The molecule has 1 heterocycles. The number of ketones is 1. The first-order valence-electron chi connectivity index (χ1n) is 15.4. The van der Waals surface area contributed by atoms with Crippen molar-refractivity contribution in [2.75, 3.05) is 27.9 Å². The molecular weight excluding hydrogens is 546 g/mol. The summed E-state index contributed by atoms with van der Waals surface area (Å²) in [7, 11) is 4.81. The zero-order chi connectivity index (χ0) is 30.5. The summed E-state index contributed by atoms with van der Waals surface area (Å²) in [5.74, 6) is 1.46. The van der Waals surface area contributed by atoms with Gasteiger partial charge in [0.1, 0.15) is 6.10 Å². The van der Waals surface area contributed by atoms with E-state index in [1.54, 1.807) is 21.3 Å². The van der Waals surface area contributed by atoms with E-state index in [9.17, 15) is 9.59 Å². The summed E-state index contributed by atoms with van der Waals surface area (Å²) < 4.78 is 28.6. The second-order valence-electron chi connectivity index (χ2n) is 11.6. The van der Waals surface area contributed by atoms with Crippen LogP contribution in [0.25, 0.3) is 0 Å². The molecule has 0 aromatic heterocycles. The predicted octanol–water partition coefficient (Wildman–Crippen LogP) is 6.74. The molecule has 0 amide bonds.